The molecule has 2 fully saturated rings. The van der Waals surface area contributed by atoms with Gasteiger partial charge in [-0.3, -0.25) is 9.59 Å². The van der Waals surface area contributed by atoms with Gasteiger partial charge in [-0.15, -0.1) is 23.7 Å². The number of nitrogens with zero attached hydrogens (tertiary/aromatic N) is 2. The van der Waals surface area contributed by atoms with Crippen LogP contribution >= 0.6 is 23.7 Å². The average Bonchev–Trinajstić information content (AvgIpc) is 3.25. The van der Waals surface area contributed by atoms with E-state index in [1.54, 1.807) is 4.90 Å². The van der Waals surface area contributed by atoms with Crippen molar-refractivity contribution in [1.82, 2.24) is 9.80 Å². The van der Waals surface area contributed by atoms with Gasteiger partial charge in [-0.05, 0) is 50.0 Å². The number of amides is 2. The first-order chi connectivity index (χ1) is 11.1. The van der Waals surface area contributed by atoms with E-state index >= 15 is 0 Å². The van der Waals surface area contributed by atoms with E-state index in [4.69, 9.17) is 5.73 Å². The molecular weight excluding hydrogens is 346 g/mol. The molecule has 2 N–H and O–H groups in total. The van der Waals surface area contributed by atoms with Gasteiger partial charge in [0.1, 0.15) is 6.04 Å². The molecule has 24 heavy (non-hydrogen) atoms. The van der Waals surface area contributed by atoms with Crippen molar-refractivity contribution in [3.05, 3.63) is 22.4 Å². The van der Waals surface area contributed by atoms with Crippen molar-refractivity contribution in [2.24, 2.45) is 11.7 Å². The Kier molecular flexibility index (Phi) is 6.66. The summed E-state index contributed by atoms with van der Waals surface area (Å²) in [5, 5.41) is 1.90. The summed E-state index contributed by atoms with van der Waals surface area (Å²) in [6.07, 6.45) is 3.76. The highest BCUT2D eigenvalue weighted by Gasteiger charge is 2.38. The molecule has 134 valence electrons. The zero-order valence-corrected chi connectivity index (χ0v) is 15.7. The van der Waals surface area contributed by atoms with Crippen LogP contribution in [0.15, 0.2) is 17.5 Å². The second-order valence-electron chi connectivity index (χ2n) is 6.68. The molecule has 2 saturated heterocycles. The Morgan fingerprint density at radius 1 is 1.29 bits per heavy atom. The van der Waals surface area contributed by atoms with Gasteiger partial charge in [-0.2, -0.15) is 0 Å². The van der Waals surface area contributed by atoms with Crippen LogP contribution in [0.4, 0.5) is 0 Å². The number of halogens is 1. The number of nitrogens with two attached hydrogens (primary N) is 1. The summed E-state index contributed by atoms with van der Waals surface area (Å²) in [6, 6.07) is 3.53. The van der Waals surface area contributed by atoms with E-state index in [9.17, 15) is 9.59 Å². The lowest BCUT2D eigenvalue weighted by Gasteiger charge is -2.37. The lowest BCUT2D eigenvalue weighted by Crippen LogP contribution is -2.52. The maximum atomic E-state index is 12.9. The topological polar surface area (TPSA) is 66.6 Å². The summed E-state index contributed by atoms with van der Waals surface area (Å²) in [5.41, 5.74) is 6.02. The zero-order chi connectivity index (χ0) is 16.4. The molecular formula is C17H26ClN3O2S. The van der Waals surface area contributed by atoms with Crippen molar-refractivity contribution in [3.63, 3.8) is 0 Å². The van der Waals surface area contributed by atoms with Crippen molar-refractivity contribution in [2.75, 3.05) is 19.6 Å². The molecule has 2 aliphatic rings. The van der Waals surface area contributed by atoms with Crippen LogP contribution in [0, 0.1) is 5.92 Å². The molecule has 7 heteroatoms. The van der Waals surface area contributed by atoms with E-state index in [-0.39, 0.29) is 36.3 Å². The Hall–Kier alpha value is -1.11. The molecule has 5 nitrogen and oxygen atoms in total. The van der Waals surface area contributed by atoms with E-state index < -0.39 is 0 Å². The SMILES string of the molecule is CC(N)C1CCCN(C(=O)C2CCCN2C(=O)c2cccs2)C1.Cl. The Bertz CT molecular complexity index is 564. The molecule has 0 saturated carbocycles. The average molecular weight is 372 g/mol. The van der Waals surface area contributed by atoms with Gasteiger partial charge in [0.2, 0.25) is 5.91 Å². The summed E-state index contributed by atoms with van der Waals surface area (Å²) in [6.45, 7) is 4.21. The van der Waals surface area contributed by atoms with Crippen molar-refractivity contribution in [2.45, 2.75) is 44.7 Å². The second kappa shape index (κ2) is 8.32. The molecule has 3 unspecified atom stereocenters. The third-order valence-corrected chi connectivity index (χ3v) is 5.90. The summed E-state index contributed by atoms with van der Waals surface area (Å²) in [4.78, 5) is 30.0. The molecule has 3 rings (SSSR count). The minimum atomic E-state index is -0.295. The Morgan fingerprint density at radius 2 is 2.04 bits per heavy atom. The predicted octanol–water partition coefficient (Wildman–Crippen LogP) is 2.36. The molecule has 2 aliphatic heterocycles. The van der Waals surface area contributed by atoms with E-state index in [0.717, 1.165) is 43.6 Å². The minimum absolute atomic E-state index is 0. The van der Waals surface area contributed by atoms with Crippen LogP contribution in [0.5, 0.6) is 0 Å². The van der Waals surface area contributed by atoms with Gasteiger partial charge < -0.3 is 15.5 Å². The van der Waals surface area contributed by atoms with Crippen LogP contribution in [0.2, 0.25) is 0 Å². The van der Waals surface area contributed by atoms with Crippen LogP contribution in [0.1, 0.15) is 42.3 Å². The van der Waals surface area contributed by atoms with Crippen LogP contribution in [-0.2, 0) is 4.79 Å². The van der Waals surface area contributed by atoms with Crippen LogP contribution in [0.25, 0.3) is 0 Å². The van der Waals surface area contributed by atoms with E-state index in [2.05, 4.69) is 0 Å². The molecule has 3 atom stereocenters. The number of thiophene rings is 1. The number of piperidine rings is 1. The third kappa shape index (κ3) is 3.92. The highest BCUT2D eigenvalue weighted by molar-refractivity contribution is 7.12. The van der Waals surface area contributed by atoms with Crippen molar-refractivity contribution in [3.8, 4) is 0 Å². The standard InChI is InChI=1S/C17H25N3O2S.ClH/c1-12(18)13-5-2-8-19(11-13)16(21)14-6-3-9-20(14)17(22)15-7-4-10-23-15;/h4,7,10,12-14H,2-3,5-6,8-9,11,18H2,1H3;1H. The second-order valence-corrected chi connectivity index (χ2v) is 7.63. The third-order valence-electron chi connectivity index (χ3n) is 5.04. The number of rotatable bonds is 3. The zero-order valence-electron chi connectivity index (χ0n) is 14.0. The Labute approximate surface area is 153 Å². The highest BCUT2D eigenvalue weighted by Crippen LogP contribution is 2.26. The lowest BCUT2D eigenvalue weighted by molar-refractivity contribution is -0.137. The van der Waals surface area contributed by atoms with E-state index in [1.807, 2.05) is 29.3 Å². The van der Waals surface area contributed by atoms with Gasteiger partial charge in [-0.1, -0.05) is 6.07 Å². The molecule has 1 aromatic rings. The fraction of sp³-hybridized carbons (Fsp3) is 0.647. The molecule has 0 spiro atoms. The molecule has 0 aromatic carbocycles. The number of likely N-dealkylation sites (tertiary alicyclic amines) is 2. The van der Waals surface area contributed by atoms with Crippen molar-refractivity contribution < 1.29 is 9.59 Å². The molecule has 0 aliphatic carbocycles. The van der Waals surface area contributed by atoms with Gasteiger partial charge in [0.15, 0.2) is 0 Å². The van der Waals surface area contributed by atoms with Crippen LogP contribution in [0.3, 0.4) is 0 Å². The predicted molar refractivity (Wildman–Crippen MR) is 98.6 cm³/mol. The van der Waals surface area contributed by atoms with Crippen molar-refractivity contribution in [1.29, 1.82) is 0 Å². The first-order valence-electron chi connectivity index (χ1n) is 8.46. The molecule has 0 radical (unpaired) electrons. The quantitative estimate of drug-likeness (QED) is 0.886. The maximum absolute atomic E-state index is 12.9. The van der Waals surface area contributed by atoms with E-state index in [0.29, 0.717) is 12.5 Å². The largest absolute Gasteiger partial charge is 0.341 e. The van der Waals surface area contributed by atoms with Gasteiger partial charge in [0.25, 0.3) is 5.91 Å². The number of hydrogen-bond donors (Lipinski definition) is 1. The molecule has 2 amide bonds. The van der Waals surface area contributed by atoms with Gasteiger partial charge in [0.05, 0.1) is 4.88 Å². The van der Waals surface area contributed by atoms with E-state index in [1.165, 1.54) is 11.3 Å². The van der Waals surface area contributed by atoms with Gasteiger partial charge in [0, 0.05) is 25.7 Å². The minimum Gasteiger partial charge on any atom is -0.341 e. The van der Waals surface area contributed by atoms with Crippen LogP contribution < -0.4 is 5.73 Å². The molecule has 0 bridgehead atoms. The van der Waals surface area contributed by atoms with Gasteiger partial charge >= 0.3 is 0 Å². The number of carbonyl (C=O) groups excluding carboxylic acids is 2. The first-order valence-corrected chi connectivity index (χ1v) is 9.34. The number of hydrogen-bond acceptors (Lipinski definition) is 4. The fourth-order valence-electron chi connectivity index (χ4n) is 3.66. The highest BCUT2D eigenvalue weighted by atomic mass is 35.5. The summed E-state index contributed by atoms with van der Waals surface area (Å²) in [5.74, 6) is 0.477. The van der Waals surface area contributed by atoms with Crippen molar-refractivity contribution >= 4 is 35.6 Å². The Balaban J connectivity index is 0.00000208. The van der Waals surface area contributed by atoms with Crippen LogP contribution in [-0.4, -0.2) is 53.3 Å². The monoisotopic (exact) mass is 371 g/mol. The number of carbonyl (C=O) groups is 2. The first kappa shape index (κ1) is 19.2. The summed E-state index contributed by atoms with van der Waals surface area (Å²) >= 11 is 1.44. The molecule has 1 aromatic heterocycles. The smallest absolute Gasteiger partial charge is 0.264 e. The summed E-state index contributed by atoms with van der Waals surface area (Å²) < 4.78 is 0. The van der Waals surface area contributed by atoms with Gasteiger partial charge in [-0.25, -0.2) is 0 Å². The molecule has 3 heterocycles. The lowest BCUT2D eigenvalue weighted by atomic mass is 9.91. The maximum Gasteiger partial charge on any atom is 0.264 e. The normalized spacial score (nSPS) is 25.2. The Morgan fingerprint density at radius 3 is 2.71 bits per heavy atom. The fourth-order valence-corrected chi connectivity index (χ4v) is 4.34. The summed E-state index contributed by atoms with van der Waals surface area (Å²) in [7, 11) is 0.